The molecule has 0 radical (unpaired) electrons. The van der Waals surface area contributed by atoms with Gasteiger partial charge in [-0.15, -0.1) is 11.5 Å². The number of benzene rings is 3. The van der Waals surface area contributed by atoms with Crippen LogP contribution in [0, 0.1) is 6.92 Å². The summed E-state index contributed by atoms with van der Waals surface area (Å²) in [4.78, 5) is 5.65. The summed E-state index contributed by atoms with van der Waals surface area (Å²) in [6.45, 7) is 14.5. The molecule has 0 N–H and O–H groups in total. The fraction of sp³-hybridized carbons (Fsp3) is 0.364. The second-order valence-corrected chi connectivity index (χ2v) is 12.1. The van der Waals surface area contributed by atoms with Crippen LogP contribution in [0.1, 0.15) is 69.4 Å². The minimum atomic E-state index is -0.284. The molecule has 4 rings (SSSR count). The largest absolute Gasteiger partial charge is 4.00 e. The summed E-state index contributed by atoms with van der Waals surface area (Å²) in [6, 6.07) is 16.3. The Labute approximate surface area is 249 Å². The van der Waals surface area contributed by atoms with E-state index < -0.39 is 0 Å². The van der Waals surface area contributed by atoms with Gasteiger partial charge in [-0.3, -0.25) is 0 Å². The fourth-order valence-corrected chi connectivity index (χ4v) is 4.44. The van der Waals surface area contributed by atoms with Crippen LogP contribution in [0.25, 0.3) is 0 Å². The van der Waals surface area contributed by atoms with Crippen molar-refractivity contribution >= 4 is 5.69 Å². The van der Waals surface area contributed by atoms with Crippen LogP contribution in [0.4, 0.5) is 5.69 Å². The van der Waals surface area contributed by atoms with Crippen molar-refractivity contribution in [3.8, 4) is 17.2 Å². The van der Waals surface area contributed by atoms with Gasteiger partial charge in [0.1, 0.15) is 0 Å². The number of hydrogen-bond donors (Lipinski definition) is 0. The van der Waals surface area contributed by atoms with Gasteiger partial charge in [0.15, 0.2) is 0 Å². The van der Waals surface area contributed by atoms with Gasteiger partial charge in [0.25, 0.3) is 0 Å². The molecule has 0 aliphatic heterocycles. The van der Waals surface area contributed by atoms with Crippen LogP contribution in [-0.4, -0.2) is 9.55 Å². The van der Waals surface area contributed by atoms with Gasteiger partial charge < -0.3 is 24.8 Å². The molecule has 0 aliphatic rings. The molecule has 0 amide bonds. The molecule has 0 saturated carbocycles. The molecule has 40 heavy (non-hydrogen) atoms. The molecule has 0 atom stereocenters. The van der Waals surface area contributed by atoms with Crippen LogP contribution >= 0.6 is 0 Å². The minimum absolute atomic E-state index is 0. The van der Waals surface area contributed by atoms with Crippen LogP contribution in [0.2, 0.25) is 0 Å². The first kappa shape index (κ1) is 32.8. The number of aromatic nitrogens is 2. The predicted octanol–water partition coefficient (Wildman–Crippen LogP) is 5.44. The number of rotatable bonds is 5. The summed E-state index contributed by atoms with van der Waals surface area (Å²) < 4.78 is 1.89. The molecule has 0 fully saturated rings. The van der Waals surface area contributed by atoms with E-state index in [1.807, 2.05) is 114 Å². The van der Waals surface area contributed by atoms with E-state index in [1.54, 1.807) is 24.7 Å². The van der Waals surface area contributed by atoms with Crippen LogP contribution in [0.5, 0.6) is 17.2 Å². The zero-order valence-electron chi connectivity index (χ0n) is 24.8. The van der Waals surface area contributed by atoms with E-state index in [1.165, 1.54) is 0 Å². The van der Waals surface area contributed by atoms with Gasteiger partial charge in [-0.2, -0.15) is 0 Å². The third kappa shape index (κ3) is 8.30. The Morgan fingerprint density at radius 1 is 0.775 bits per heavy atom. The normalized spacial score (nSPS) is 11.3. The predicted molar refractivity (Wildman–Crippen MR) is 153 cm³/mol. The zero-order valence-corrected chi connectivity index (χ0v) is 25.9. The third-order valence-electron chi connectivity index (χ3n) is 6.62. The van der Waals surface area contributed by atoms with E-state index in [-0.39, 0.29) is 58.2 Å². The molecule has 212 valence electrons. The number of aryl methyl sites for hydroxylation is 2. The number of hydrogen-bond acceptors (Lipinski definition) is 5. The Balaban J connectivity index is 0.000000707. The Hall–Kier alpha value is -3.41. The molecule has 0 spiro atoms. The smallest absolute Gasteiger partial charge is 0.872 e. The third-order valence-corrected chi connectivity index (χ3v) is 6.62. The molecule has 1 aromatic heterocycles. The van der Waals surface area contributed by atoms with Crippen LogP contribution in [0.3, 0.4) is 0 Å². The number of para-hydroxylation sites is 2. The molecule has 0 saturated heterocycles. The molecule has 6 nitrogen and oxygen atoms in total. The Bertz CT molecular complexity index is 1320. The number of anilines is 1. The first-order chi connectivity index (χ1) is 18.2. The van der Waals surface area contributed by atoms with Crippen molar-refractivity contribution in [3.05, 3.63) is 101 Å². The summed E-state index contributed by atoms with van der Waals surface area (Å²) in [7, 11) is 1.94. The second-order valence-electron chi connectivity index (χ2n) is 12.1. The topological polar surface area (TPSA) is 90.2 Å². The van der Waals surface area contributed by atoms with Crippen molar-refractivity contribution in [2.24, 2.45) is 7.05 Å². The molecule has 1 heterocycles. The Kier molecular flexibility index (Phi) is 10.9. The summed E-state index contributed by atoms with van der Waals surface area (Å²) >= 11 is 0. The van der Waals surface area contributed by atoms with E-state index in [9.17, 15) is 15.3 Å². The average molecular weight is 583 g/mol. The molecule has 0 unspecified atom stereocenters. The molecular weight excluding hydrogens is 542 g/mol. The van der Waals surface area contributed by atoms with Crippen molar-refractivity contribution in [1.82, 2.24) is 9.55 Å². The van der Waals surface area contributed by atoms with E-state index in [4.69, 9.17) is 0 Å². The first-order valence-electron chi connectivity index (χ1n) is 13.2. The maximum absolute atomic E-state index is 13.3. The van der Waals surface area contributed by atoms with E-state index in [2.05, 4.69) is 4.98 Å². The maximum atomic E-state index is 13.3. The molecule has 0 aliphatic carbocycles. The molecule has 0 bridgehead atoms. The van der Waals surface area contributed by atoms with Crippen molar-refractivity contribution in [2.75, 3.05) is 4.90 Å². The van der Waals surface area contributed by atoms with Gasteiger partial charge in [0, 0.05) is 38.2 Å². The van der Waals surface area contributed by atoms with Crippen molar-refractivity contribution in [2.45, 2.75) is 72.4 Å². The van der Waals surface area contributed by atoms with Crippen molar-refractivity contribution in [3.63, 3.8) is 0 Å². The van der Waals surface area contributed by atoms with Crippen molar-refractivity contribution in [1.29, 1.82) is 0 Å². The summed E-state index contributed by atoms with van der Waals surface area (Å²) in [5.41, 5.74) is 3.59. The summed E-state index contributed by atoms with van der Waals surface area (Å²) in [5.74, 6) is -0.152. The number of nitrogens with zero attached hydrogens (tertiary/aromatic N) is 3. The van der Waals surface area contributed by atoms with Gasteiger partial charge in [-0.25, -0.2) is 4.98 Å². The van der Waals surface area contributed by atoms with Gasteiger partial charge in [0.05, 0.1) is 6.33 Å². The van der Waals surface area contributed by atoms with Crippen LogP contribution in [0.15, 0.2) is 73.3 Å². The average Bonchev–Trinajstić information content (AvgIpc) is 3.32. The monoisotopic (exact) mass is 582 g/mol. The fourth-order valence-electron chi connectivity index (χ4n) is 4.44. The van der Waals surface area contributed by atoms with Gasteiger partial charge in [0.2, 0.25) is 0 Å². The van der Waals surface area contributed by atoms with Crippen LogP contribution < -0.4 is 20.2 Å². The summed E-state index contributed by atoms with van der Waals surface area (Å²) in [5, 5.41) is 39.4. The Morgan fingerprint density at radius 2 is 1.27 bits per heavy atom. The molecule has 7 heteroatoms. The molecule has 3 aromatic carbocycles. The van der Waals surface area contributed by atoms with Gasteiger partial charge in [-0.05, 0) is 40.5 Å². The first-order valence-corrected chi connectivity index (χ1v) is 13.2. The quantitative estimate of drug-likeness (QED) is 0.293. The summed E-state index contributed by atoms with van der Waals surface area (Å²) in [6.07, 6.45) is 5.39. The zero-order chi connectivity index (χ0) is 29.0. The standard InChI is InChI=1S/C29H37NO3.C4H6N2.Fe/c1-19-14-15-25(31)24(16-19)30(17-20-10-8-12-22(26(20)32)28(2,3)4)18-21-11-9-13-23(27(21)33)29(5,6)7;1-6-3-2-5-4-6;/h8-16,31-33H,17-18H2,1-7H3;2-4H,1H3;/q;;+4/p-3. The van der Waals surface area contributed by atoms with Gasteiger partial charge >= 0.3 is 17.1 Å². The SMILES string of the molecule is Cc1ccc([O-])c(N(Cc2cccc(C(C)(C)C)c2[O-])Cc2cccc(C(C)(C)C)c2[O-])c1.Cn1ccnc1.[Fe+4]. The maximum Gasteiger partial charge on any atom is 4.00 e. The van der Waals surface area contributed by atoms with E-state index >= 15 is 0 Å². The van der Waals surface area contributed by atoms with Crippen LogP contribution in [-0.2, 0) is 48.0 Å². The molecular formula is C33H40FeN3O3+. The van der Waals surface area contributed by atoms with Gasteiger partial charge in [-0.1, -0.05) is 107 Å². The second kappa shape index (κ2) is 13.3. The Morgan fingerprint density at radius 3 is 1.65 bits per heavy atom. The van der Waals surface area contributed by atoms with Crippen molar-refractivity contribution < 1.29 is 32.4 Å². The molecule has 4 aromatic rings. The van der Waals surface area contributed by atoms with E-state index in [0.717, 1.165) is 16.7 Å². The number of imidazole rings is 1. The van der Waals surface area contributed by atoms with E-state index in [0.29, 0.717) is 16.8 Å². The minimum Gasteiger partial charge on any atom is -0.872 e.